The molecule has 0 aliphatic rings. The molecule has 1 N–H and O–H groups in total. The SMILES string of the molecule is CC(O)CN(C(=O)CCn1cnc2sccc2c1=O)C(C)C. The Morgan fingerprint density at radius 1 is 1.45 bits per heavy atom. The molecule has 1 atom stereocenters. The number of aryl methyl sites for hydroxylation is 1. The highest BCUT2D eigenvalue weighted by Gasteiger charge is 2.18. The zero-order valence-electron chi connectivity index (χ0n) is 13.0. The van der Waals surface area contributed by atoms with E-state index in [-0.39, 0.29) is 23.9 Å². The summed E-state index contributed by atoms with van der Waals surface area (Å²) in [7, 11) is 0. The lowest BCUT2D eigenvalue weighted by Crippen LogP contribution is -2.42. The minimum absolute atomic E-state index is 0.0105. The number of hydrogen-bond acceptors (Lipinski definition) is 5. The first-order chi connectivity index (χ1) is 10.4. The van der Waals surface area contributed by atoms with Crippen molar-refractivity contribution in [3.05, 3.63) is 28.1 Å². The predicted molar refractivity (Wildman–Crippen MR) is 87.0 cm³/mol. The third-order valence-electron chi connectivity index (χ3n) is 3.42. The van der Waals surface area contributed by atoms with Crippen LogP contribution in [-0.2, 0) is 11.3 Å². The third-order valence-corrected chi connectivity index (χ3v) is 4.24. The Morgan fingerprint density at radius 3 is 2.82 bits per heavy atom. The minimum atomic E-state index is -0.571. The molecule has 7 heteroatoms. The normalized spacial score (nSPS) is 12.8. The molecule has 0 aliphatic carbocycles. The minimum Gasteiger partial charge on any atom is -0.392 e. The van der Waals surface area contributed by atoms with Crippen molar-refractivity contribution < 1.29 is 9.90 Å². The van der Waals surface area contributed by atoms with E-state index < -0.39 is 6.10 Å². The molecule has 22 heavy (non-hydrogen) atoms. The number of aliphatic hydroxyl groups excluding tert-OH is 1. The largest absolute Gasteiger partial charge is 0.392 e. The van der Waals surface area contributed by atoms with Gasteiger partial charge in [-0.1, -0.05) is 0 Å². The Hall–Kier alpha value is -1.73. The second-order valence-corrected chi connectivity index (χ2v) is 6.52. The van der Waals surface area contributed by atoms with Gasteiger partial charge in [-0.15, -0.1) is 11.3 Å². The number of aromatic nitrogens is 2. The maximum absolute atomic E-state index is 12.3. The summed E-state index contributed by atoms with van der Waals surface area (Å²) in [6.45, 7) is 6.06. The molecule has 6 nitrogen and oxygen atoms in total. The molecular formula is C15H21N3O3S. The van der Waals surface area contributed by atoms with Gasteiger partial charge >= 0.3 is 0 Å². The average molecular weight is 323 g/mol. The first kappa shape index (κ1) is 16.6. The number of fused-ring (bicyclic) bond motifs is 1. The number of amides is 1. The van der Waals surface area contributed by atoms with E-state index in [0.29, 0.717) is 23.3 Å². The number of carbonyl (C=O) groups is 1. The van der Waals surface area contributed by atoms with E-state index in [1.165, 1.54) is 22.2 Å². The fraction of sp³-hybridized carbons (Fsp3) is 0.533. The summed E-state index contributed by atoms with van der Waals surface area (Å²) in [6, 6.07) is 1.76. The van der Waals surface area contributed by atoms with E-state index in [9.17, 15) is 14.7 Å². The van der Waals surface area contributed by atoms with Gasteiger partial charge in [0.15, 0.2) is 0 Å². The van der Waals surface area contributed by atoms with Gasteiger partial charge in [0.05, 0.1) is 17.8 Å². The number of rotatable bonds is 6. The second kappa shape index (κ2) is 7.02. The van der Waals surface area contributed by atoms with Gasteiger partial charge in [-0.2, -0.15) is 0 Å². The van der Waals surface area contributed by atoms with Crippen LogP contribution in [0.3, 0.4) is 0 Å². The fourth-order valence-corrected chi connectivity index (χ4v) is 3.02. The molecule has 0 aliphatic heterocycles. The Morgan fingerprint density at radius 2 is 2.18 bits per heavy atom. The summed E-state index contributed by atoms with van der Waals surface area (Å²) in [5.41, 5.74) is -0.120. The predicted octanol–water partition coefficient (Wildman–Crippen LogP) is 1.47. The van der Waals surface area contributed by atoms with Gasteiger partial charge in [0.25, 0.3) is 5.56 Å². The quantitative estimate of drug-likeness (QED) is 0.873. The van der Waals surface area contributed by atoms with Crippen LogP contribution in [0.4, 0.5) is 0 Å². The molecule has 2 rings (SSSR count). The summed E-state index contributed by atoms with van der Waals surface area (Å²) in [5, 5.41) is 11.9. The average Bonchev–Trinajstić information content (AvgIpc) is 2.92. The molecule has 0 spiro atoms. The van der Waals surface area contributed by atoms with Crippen LogP contribution < -0.4 is 5.56 Å². The summed E-state index contributed by atoms with van der Waals surface area (Å²) >= 11 is 1.42. The molecule has 0 radical (unpaired) electrons. The van der Waals surface area contributed by atoms with Crippen LogP contribution in [0.25, 0.3) is 10.2 Å². The van der Waals surface area contributed by atoms with E-state index in [4.69, 9.17) is 0 Å². The van der Waals surface area contributed by atoms with Crippen molar-refractivity contribution in [1.29, 1.82) is 0 Å². The van der Waals surface area contributed by atoms with Gasteiger partial charge in [0.2, 0.25) is 5.91 Å². The van der Waals surface area contributed by atoms with Crippen molar-refractivity contribution in [2.75, 3.05) is 6.54 Å². The molecule has 0 saturated heterocycles. The van der Waals surface area contributed by atoms with Crippen LogP contribution in [0.15, 0.2) is 22.6 Å². The molecule has 2 aromatic heterocycles. The van der Waals surface area contributed by atoms with Crippen LogP contribution in [0.1, 0.15) is 27.2 Å². The molecule has 1 unspecified atom stereocenters. The van der Waals surface area contributed by atoms with Crippen LogP contribution in [0.5, 0.6) is 0 Å². The van der Waals surface area contributed by atoms with Gasteiger partial charge in [-0.05, 0) is 32.2 Å². The van der Waals surface area contributed by atoms with Crippen LogP contribution in [0, 0.1) is 0 Å². The molecule has 1 amide bonds. The molecule has 0 fully saturated rings. The van der Waals surface area contributed by atoms with E-state index in [2.05, 4.69) is 4.98 Å². The number of nitrogens with zero attached hydrogens (tertiary/aromatic N) is 3. The number of carbonyl (C=O) groups excluding carboxylic acids is 1. The van der Waals surface area contributed by atoms with E-state index in [0.717, 1.165) is 0 Å². The monoisotopic (exact) mass is 323 g/mol. The highest BCUT2D eigenvalue weighted by atomic mass is 32.1. The number of hydrogen-bond donors (Lipinski definition) is 1. The fourth-order valence-electron chi connectivity index (χ4n) is 2.30. The first-order valence-electron chi connectivity index (χ1n) is 7.30. The highest BCUT2D eigenvalue weighted by molar-refractivity contribution is 7.16. The lowest BCUT2D eigenvalue weighted by molar-refractivity contribution is -0.134. The Labute approximate surface area is 133 Å². The smallest absolute Gasteiger partial charge is 0.262 e. The van der Waals surface area contributed by atoms with Gasteiger partial charge in [0, 0.05) is 25.6 Å². The zero-order valence-corrected chi connectivity index (χ0v) is 13.8. The summed E-state index contributed by atoms with van der Waals surface area (Å²) < 4.78 is 1.47. The van der Waals surface area contributed by atoms with Crippen LogP contribution in [0.2, 0.25) is 0 Å². The maximum atomic E-state index is 12.3. The Kier molecular flexibility index (Phi) is 5.31. The molecule has 0 aromatic carbocycles. The molecule has 2 heterocycles. The molecule has 0 bridgehead atoms. The lowest BCUT2D eigenvalue weighted by Gasteiger charge is -2.28. The molecular weight excluding hydrogens is 302 g/mol. The summed E-state index contributed by atoms with van der Waals surface area (Å²) in [6.07, 6.45) is 1.13. The summed E-state index contributed by atoms with van der Waals surface area (Å²) in [4.78, 5) is 31.1. The first-order valence-corrected chi connectivity index (χ1v) is 8.18. The van der Waals surface area contributed by atoms with Crippen LogP contribution >= 0.6 is 11.3 Å². The van der Waals surface area contributed by atoms with E-state index in [1.807, 2.05) is 19.2 Å². The molecule has 2 aromatic rings. The maximum Gasteiger partial charge on any atom is 0.262 e. The highest BCUT2D eigenvalue weighted by Crippen LogP contribution is 2.13. The van der Waals surface area contributed by atoms with Crippen molar-refractivity contribution in [2.24, 2.45) is 0 Å². The topological polar surface area (TPSA) is 75.4 Å². The van der Waals surface area contributed by atoms with Crippen molar-refractivity contribution in [1.82, 2.24) is 14.5 Å². The molecule has 0 saturated carbocycles. The number of thiophene rings is 1. The summed E-state index contributed by atoms with van der Waals surface area (Å²) in [5.74, 6) is -0.0757. The number of aliphatic hydroxyl groups is 1. The van der Waals surface area contributed by atoms with Crippen molar-refractivity contribution in [3.63, 3.8) is 0 Å². The molecule has 120 valence electrons. The Balaban J connectivity index is 2.08. The Bertz CT molecular complexity index is 705. The van der Waals surface area contributed by atoms with Gasteiger partial charge < -0.3 is 10.0 Å². The van der Waals surface area contributed by atoms with Crippen LogP contribution in [-0.4, -0.2) is 44.2 Å². The van der Waals surface area contributed by atoms with Crippen molar-refractivity contribution in [3.8, 4) is 0 Å². The van der Waals surface area contributed by atoms with E-state index in [1.54, 1.807) is 17.9 Å². The zero-order chi connectivity index (χ0) is 16.3. The van der Waals surface area contributed by atoms with Gasteiger partial charge in [-0.25, -0.2) is 4.98 Å². The second-order valence-electron chi connectivity index (χ2n) is 5.62. The van der Waals surface area contributed by atoms with Crippen molar-refractivity contribution in [2.45, 2.75) is 45.9 Å². The van der Waals surface area contributed by atoms with E-state index >= 15 is 0 Å². The van der Waals surface area contributed by atoms with Gasteiger partial charge in [-0.3, -0.25) is 14.2 Å². The third kappa shape index (κ3) is 3.72. The lowest BCUT2D eigenvalue weighted by atomic mass is 10.2. The van der Waals surface area contributed by atoms with Gasteiger partial charge in [0.1, 0.15) is 4.83 Å². The van der Waals surface area contributed by atoms with Crippen molar-refractivity contribution >= 4 is 27.5 Å². The standard InChI is InChI=1S/C15H21N3O3S/c1-10(2)18(8-11(3)19)13(20)4-6-17-9-16-14-12(15(17)21)5-7-22-14/h5,7,9-11,19H,4,6,8H2,1-3H3.